The van der Waals surface area contributed by atoms with Crippen LogP contribution in [-0.2, 0) is 16.6 Å². The van der Waals surface area contributed by atoms with Crippen LogP contribution in [0.15, 0.2) is 45.8 Å². The summed E-state index contributed by atoms with van der Waals surface area (Å²) >= 11 is 11.8. The van der Waals surface area contributed by atoms with Crippen LogP contribution in [0.3, 0.4) is 0 Å². The zero-order valence-corrected chi connectivity index (χ0v) is 17.1. The molecule has 0 saturated carbocycles. The Hall–Kier alpha value is -2.33. The van der Waals surface area contributed by atoms with Crippen molar-refractivity contribution in [1.29, 1.82) is 0 Å². The molecule has 0 spiro atoms. The summed E-state index contributed by atoms with van der Waals surface area (Å²) in [5.41, 5.74) is 0.619. The van der Waals surface area contributed by atoms with Gasteiger partial charge in [-0.2, -0.15) is 4.98 Å². The fourth-order valence-electron chi connectivity index (χ4n) is 2.34. The number of halogens is 2. The summed E-state index contributed by atoms with van der Waals surface area (Å²) in [6, 6.07) is 9.27. The van der Waals surface area contributed by atoms with Crippen LogP contribution in [0.4, 0.5) is 0 Å². The molecule has 0 aliphatic rings. The van der Waals surface area contributed by atoms with Crippen molar-refractivity contribution < 1.29 is 22.4 Å². The van der Waals surface area contributed by atoms with E-state index in [2.05, 4.69) is 14.9 Å². The van der Waals surface area contributed by atoms with Crippen LogP contribution in [0.25, 0.3) is 11.4 Å². The molecule has 0 amide bonds. The first-order valence-electron chi connectivity index (χ1n) is 7.83. The van der Waals surface area contributed by atoms with Gasteiger partial charge in [0.05, 0.1) is 25.8 Å². The molecule has 0 bridgehead atoms. The van der Waals surface area contributed by atoms with E-state index in [1.165, 1.54) is 32.4 Å². The molecule has 0 atom stereocenters. The predicted octanol–water partition coefficient (Wildman–Crippen LogP) is 3.54. The Kier molecular flexibility index (Phi) is 6.09. The fraction of sp³-hybridized carbons (Fsp3) is 0.176. The molecule has 148 valence electrons. The lowest BCUT2D eigenvalue weighted by molar-refractivity contribution is 0.355. The third-order valence-corrected chi connectivity index (χ3v) is 5.82. The zero-order chi connectivity index (χ0) is 20.3. The number of nitrogens with zero attached hydrogens (tertiary/aromatic N) is 2. The SMILES string of the molecule is COc1ccc(-c2noc(CNS(=O)(=O)c3cc(Cl)ccc3Cl)n2)cc1OC. The molecule has 0 saturated heterocycles. The monoisotopic (exact) mass is 443 g/mol. The molecule has 1 N–H and O–H groups in total. The van der Waals surface area contributed by atoms with Crippen molar-refractivity contribution in [1.82, 2.24) is 14.9 Å². The third kappa shape index (κ3) is 4.39. The highest BCUT2D eigenvalue weighted by atomic mass is 35.5. The number of methoxy groups -OCH3 is 2. The molecule has 0 aliphatic heterocycles. The number of hydrogen-bond donors (Lipinski definition) is 1. The van der Waals surface area contributed by atoms with Crippen LogP contribution in [0.2, 0.25) is 10.0 Å². The lowest BCUT2D eigenvalue weighted by atomic mass is 10.2. The van der Waals surface area contributed by atoms with Gasteiger partial charge in [0.15, 0.2) is 11.5 Å². The van der Waals surface area contributed by atoms with Crippen molar-refractivity contribution in [3.8, 4) is 22.9 Å². The Morgan fingerprint density at radius 2 is 1.82 bits per heavy atom. The second kappa shape index (κ2) is 8.36. The smallest absolute Gasteiger partial charge is 0.242 e. The van der Waals surface area contributed by atoms with E-state index in [4.69, 9.17) is 37.2 Å². The van der Waals surface area contributed by atoms with Gasteiger partial charge in [0.1, 0.15) is 4.90 Å². The topological polar surface area (TPSA) is 104 Å². The van der Waals surface area contributed by atoms with Crippen molar-refractivity contribution >= 4 is 33.2 Å². The normalized spacial score (nSPS) is 11.4. The van der Waals surface area contributed by atoms with Crippen molar-refractivity contribution in [2.75, 3.05) is 14.2 Å². The largest absolute Gasteiger partial charge is 0.493 e. The molecular weight excluding hydrogens is 429 g/mol. The molecule has 28 heavy (non-hydrogen) atoms. The van der Waals surface area contributed by atoms with E-state index < -0.39 is 10.0 Å². The van der Waals surface area contributed by atoms with Crippen molar-refractivity contribution in [3.05, 3.63) is 52.3 Å². The summed E-state index contributed by atoms with van der Waals surface area (Å²) < 4.78 is 42.8. The lowest BCUT2D eigenvalue weighted by Crippen LogP contribution is -2.23. The Labute approximate surface area is 171 Å². The fourth-order valence-corrected chi connectivity index (χ4v) is 4.07. The van der Waals surface area contributed by atoms with E-state index in [0.717, 1.165) is 0 Å². The second-order valence-electron chi connectivity index (χ2n) is 5.48. The van der Waals surface area contributed by atoms with Gasteiger partial charge in [0.2, 0.25) is 21.7 Å². The minimum absolute atomic E-state index is 0.0495. The van der Waals surface area contributed by atoms with Gasteiger partial charge in [0, 0.05) is 10.6 Å². The molecule has 2 aromatic carbocycles. The second-order valence-corrected chi connectivity index (χ2v) is 8.06. The molecule has 3 aromatic rings. The first-order chi connectivity index (χ1) is 13.3. The van der Waals surface area contributed by atoms with Gasteiger partial charge in [-0.05, 0) is 36.4 Å². The number of nitrogens with one attached hydrogen (secondary N) is 1. The summed E-state index contributed by atoms with van der Waals surface area (Å²) in [4.78, 5) is 4.05. The van der Waals surface area contributed by atoms with Gasteiger partial charge >= 0.3 is 0 Å². The molecule has 0 unspecified atom stereocenters. The maximum absolute atomic E-state index is 12.4. The number of rotatable bonds is 7. The average molecular weight is 444 g/mol. The van der Waals surface area contributed by atoms with Crippen LogP contribution in [0.5, 0.6) is 11.5 Å². The Bertz CT molecular complexity index is 1100. The molecule has 1 aromatic heterocycles. The highest BCUT2D eigenvalue weighted by Crippen LogP contribution is 2.31. The number of aromatic nitrogens is 2. The Balaban J connectivity index is 1.77. The Morgan fingerprint density at radius 1 is 1.07 bits per heavy atom. The summed E-state index contributed by atoms with van der Waals surface area (Å²) in [5.74, 6) is 1.41. The average Bonchev–Trinajstić information content (AvgIpc) is 3.17. The number of hydrogen-bond acceptors (Lipinski definition) is 7. The van der Waals surface area contributed by atoms with Crippen LogP contribution in [0, 0.1) is 0 Å². The standard InChI is InChI=1S/C17H15Cl2N3O5S/c1-25-13-6-3-10(7-14(13)26-2)17-21-16(27-22-17)9-20-28(23,24)15-8-11(18)4-5-12(15)19/h3-8,20H,9H2,1-2H3. The van der Waals surface area contributed by atoms with E-state index in [1.807, 2.05) is 0 Å². The molecule has 0 radical (unpaired) electrons. The van der Waals surface area contributed by atoms with Crippen molar-refractivity contribution in [2.24, 2.45) is 0 Å². The molecule has 8 nitrogen and oxygen atoms in total. The molecule has 0 aliphatic carbocycles. The van der Waals surface area contributed by atoms with Gasteiger partial charge in [-0.15, -0.1) is 0 Å². The minimum atomic E-state index is -3.92. The number of ether oxygens (including phenoxy) is 2. The third-order valence-electron chi connectivity index (χ3n) is 3.71. The summed E-state index contributed by atoms with van der Waals surface area (Å²) in [7, 11) is -0.874. The summed E-state index contributed by atoms with van der Waals surface area (Å²) in [5, 5.41) is 4.16. The highest BCUT2D eigenvalue weighted by Gasteiger charge is 2.20. The quantitative estimate of drug-likeness (QED) is 0.595. The van der Waals surface area contributed by atoms with Gasteiger partial charge < -0.3 is 14.0 Å². The molecule has 0 fully saturated rings. The predicted molar refractivity (Wildman–Crippen MR) is 103 cm³/mol. The molecule has 1 heterocycles. The van der Waals surface area contributed by atoms with Crippen LogP contribution >= 0.6 is 23.2 Å². The first kappa shape index (κ1) is 20.4. The number of benzene rings is 2. The van der Waals surface area contributed by atoms with Crippen LogP contribution < -0.4 is 14.2 Å². The van der Waals surface area contributed by atoms with Gasteiger partial charge in [-0.25, -0.2) is 13.1 Å². The minimum Gasteiger partial charge on any atom is -0.493 e. The summed E-state index contributed by atoms with van der Waals surface area (Å²) in [6.45, 7) is -0.217. The van der Waals surface area contributed by atoms with Gasteiger partial charge in [-0.3, -0.25) is 0 Å². The lowest BCUT2D eigenvalue weighted by Gasteiger charge is -2.07. The Morgan fingerprint density at radius 3 is 2.54 bits per heavy atom. The van der Waals surface area contributed by atoms with E-state index in [1.54, 1.807) is 18.2 Å². The zero-order valence-electron chi connectivity index (χ0n) is 14.8. The van der Waals surface area contributed by atoms with E-state index >= 15 is 0 Å². The summed E-state index contributed by atoms with van der Waals surface area (Å²) in [6.07, 6.45) is 0. The van der Waals surface area contributed by atoms with Crippen LogP contribution in [0.1, 0.15) is 5.89 Å². The molecule has 11 heteroatoms. The first-order valence-corrected chi connectivity index (χ1v) is 10.1. The maximum atomic E-state index is 12.4. The van der Waals surface area contributed by atoms with E-state index in [9.17, 15) is 8.42 Å². The number of sulfonamides is 1. The van der Waals surface area contributed by atoms with E-state index in [-0.39, 0.29) is 33.2 Å². The van der Waals surface area contributed by atoms with E-state index in [0.29, 0.717) is 17.1 Å². The van der Waals surface area contributed by atoms with Crippen LogP contribution in [-0.4, -0.2) is 32.8 Å². The van der Waals surface area contributed by atoms with Gasteiger partial charge in [0.25, 0.3) is 0 Å². The molecule has 3 rings (SSSR count). The van der Waals surface area contributed by atoms with Crippen molar-refractivity contribution in [2.45, 2.75) is 11.4 Å². The maximum Gasteiger partial charge on any atom is 0.242 e. The molecular formula is C17H15Cl2N3O5S. The van der Waals surface area contributed by atoms with Gasteiger partial charge in [-0.1, -0.05) is 28.4 Å². The van der Waals surface area contributed by atoms with Crippen molar-refractivity contribution in [3.63, 3.8) is 0 Å². The highest BCUT2D eigenvalue weighted by molar-refractivity contribution is 7.89.